The number of nitrogens with zero attached hydrogens (tertiary/aromatic N) is 1. The number of nitrogens with one attached hydrogen (secondary N) is 1. The van der Waals surface area contributed by atoms with Gasteiger partial charge in [-0.15, -0.1) is 0 Å². The fourth-order valence-electron chi connectivity index (χ4n) is 1.65. The van der Waals surface area contributed by atoms with Crippen LogP contribution in [0.25, 0.3) is 0 Å². The first-order valence-corrected chi connectivity index (χ1v) is 7.78. The molecule has 18 heavy (non-hydrogen) atoms. The number of hydrogen-bond acceptors (Lipinski definition) is 4. The summed E-state index contributed by atoms with van der Waals surface area (Å²) in [6.07, 6.45) is 3.50. The van der Waals surface area contributed by atoms with Gasteiger partial charge in [-0.25, -0.2) is 0 Å². The maximum atomic E-state index is 11.8. The van der Waals surface area contributed by atoms with Gasteiger partial charge in [0.25, 0.3) is 0 Å². The number of thioether (sulfide) groups is 1. The van der Waals surface area contributed by atoms with Crippen molar-refractivity contribution in [2.75, 3.05) is 18.8 Å². The Morgan fingerprint density at radius 3 is 2.78 bits per heavy atom. The third kappa shape index (κ3) is 5.35. The molecule has 0 aromatic rings. The number of unbranched alkanes of at least 4 members (excludes halogenated alkanes) is 1. The predicted octanol–water partition coefficient (Wildman–Crippen LogP) is 1.93. The van der Waals surface area contributed by atoms with Gasteiger partial charge in [-0.3, -0.25) is 14.5 Å². The van der Waals surface area contributed by atoms with E-state index in [1.165, 1.54) is 0 Å². The highest BCUT2D eigenvalue weighted by molar-refractivity contribution is 8.23. The molecule has 102 valence electrons. The van der Waals surface area contributed by atoms with Gasteiger partial charge in [0.1, 0.15) is 4.32 Å². The average molecular weight is 288 g/mol. The molecule has 0 aliphatic carbocycles. The smallest absolute Gasteiger partial charge is 0.228 e. The lowest BCUT2D eigenvalue weighted by Gasteiger charge is -2.14. The SMILES string of the molecule is CCCCNC(=O)CCCC(=O)N1CCSC1=S. The summed E-state index contributed by atoms with van der Waals surface area (Å²) in [4.78, 5) is 24.9. The summed E-state index contributed by atoms with van der Waals surface area (Å²) in [5, 5.41) is 2.84. The van der Waals surface area contributed by atoms with Crippen molar-refractivity contribution in [1.29, 1.82) is 0 Å². The van der Waals surface area contributed by atoms with Crippen molar-refractivity contribution in [2.24, 2.45) is 0 Å². The largest absolute Gasteiger partial charge is 0.356 e. The van der Waals surface area contributed by atoms with E-state index in [-0.39, 0.29) is 11.8 Å². The van der Waals surface area contributed by atoms with Crippen LogP contribution in [0.2, 0.25) is 0 Å². The minimum Gasteiger partial charge on any atom is -0.356 e. The van der Waals surface area contributed by atoms with Crippen LogP contribution in [0.1, 0.15) is 39.0 Å². The van der Waals surface area contributed by atoms with Gasteiger partial charge >= 0.3 is 0 Å². The van der Waals surface area contributed by atoms with Crippen LogP contribution >= 0.6 is 24.0 Å². The Labute approximate surface area is 118 Å². The van der Waals surface area contributed by atoms with Gasteiger partial charge in [0, 0.05) is 31.7 Å². The molecule has 0 aromatic carbocycles. The first-order chi connectivity index (χ1) is 8.65. The van der Waals surface area contributed by atoms with E-state index in [0.29, 0.717) is 30.1 Å². The average Bonchev–Trinajstić information content (AvgIpc) is 2.76. The van der Waals surface area contributed by atoms with E-state index in [9.17, 15) is 9.59 Å². The summed E-state index contributed by atoms with van der Waals surface area (Å²) >= 11 is 6.62. The lowest BCUT2D eigenvalue weighted by atomic mass is 10.2. The van der Waals surface area contributed by atoms with Gasteiger partial charge in [-0.05, 0) is 12.8 Å². The first-order valence-electron chi connectivity index (χ1n) is 6.39. The zero-order valence-electron chi connectivity index (χ0n) is 10.7. The maximum absolute atomic E-state index is 11.8. The first kappa shape index (κ1) is 15.4. The summed E-state index contributed by atoms with van der Waals surface area (Å²) in [5.41, 5.74) is 0. The van der Waals surface area contributed by atoms with E-state index in [1.54, 1.807) is 16.7 Å². The third-order valence-corrected chi connectivity index (χ3v) is 4.14. The quantitative estimate of drug-likeness (QED) is 0.574. The minimum absolute atomic E-state index is 0.0367. The molecule has 4 nitrogen and oxygen atoms in total. The molecule has 1 aliphatic rings. The van der Waals surface area contributed by atoms with Crippen LogP contribution in [0, 0.1) is 0 Å². The van der Waals surface area contributed by atoms with Crippen molar-refractivity contribution >= 4 is 40.1 Å². The molecule has 0 aromatic heterocycles. The van der Waals surface area contributed by atoms with Crippen LogP contribution < -0.4 is 5.32 Å². The molecule has 0 atom stereocenters. The lowest BCUT2D eigenvalue weighted by Crippen LogP contribution is -2.31. The Morgan fingerprint density at radius 2 is 2.17 bits per heavy atom. The fraction of sp³-hybridized carbons (Fsp3) is 0.750. The topological polar surface area (TPSA) is 49.4 Å². The normalized spacial score (nSPS) is 14.9. The van der Waals surface area contributed by atoms with Crippen LogP contribution in [0.3, 0.4) is 0 Å². The molecule has 1 saturated heterocycles. The summed E-state index contributed by atoms with van der Waals surface area (Å²) in [7, 11) is 0. The number of amides is 2. The van der Waals surface area contributed by atoms with E-state index in [1.807, 2.05) is 0 Å². The molecular formula is C12H20N2O2S2. The van der Waals surface area contributed by atoms with Gasteiger partial charge < -0.3 is 5.32 Å². The minimum atomic E-state index is 0.0367. The number of carbonyl (C=O) groups is 2. The highest BCUT2D eigenvalue weighted by atomic mass is 32.2. The summed E-state index contributed by atoms with van der Waals surface area (Å²) in [5.74, 6) is 0.975. The van der Waals surface area contributed by atoms with Gasteiger partial charge in [0.2, 0.25) is 11.8 Å². The summed E-state index contributed by atoms with van der Waals surface area (Å²) < 4.78 is 0.674. The van der Waals surface area contributed by atoms with E-state index in [2.05, 4.69) is 12.2 Å². The molecule has 1 N–H and O–H groups in total. The number of hydrogen-bond donors (Lipinski definition) is 1. The molecule has 0 radical (unpaired) electrons. The second kappa shape index (κ2) is 8.48. The van der Waals surface area contributed by atoms with Crippen molar-refractivity contribution in [3.05, 3.63) is 0 Å². The molecule has 0 bridgehead atoms. The highest BCUT2D eigenvalue weighted by Crippen LogP contribution is 2.19. The van der Waals surface area contributed by atoms with Crippen molar-refractivity contribution in [2.45, 2.75) is 39.0 Å². The number of rotatable bonds is 7. The third-order valence-electron chi connectivity index (χ3n) is 2.71. The van der Waals surface area contributed by atoms with Crippen molar-refractivity contribution in [3.8, 4) is 0 Å². The van der Waals surface area contributed by atoms with Gasteiger partial charge in [0.15, 0.2) is 0 Å². The molecule has 0 unspecified atom stereocenters. The second-order valence-corrected chi connectivity index (χ2v) is 5.95. The molecule has 6 heteroatoms. The van der Waals surface area contributed by atoms with E-state index in [0.717, 1.165) is 25.1 Å². The Balaban J connectivity index is 2.11. The van der Waals surface area contributed by atoms with E-state index >= 15 is 0 Å². The van der Waals surface area contributed by atoms with Crippen LogP contribution in [-0.4, -0.2) is 39.9 Å². The molecule has 0 saturated carbocycles. The van der Waals surface area contributed by atoms with Crippen LogP contribution in [0.5, 0.6) is 0 Å². The Kier molecular flexibility index (Phi) is 7.27. The van der Waals surface area contributed by atoms with Crippen LogP contribution in [-0.2, 0) is 9.59 Å². The molecular weight excluding hydrogens is 268 g/mol. The molecule has 1 rings (SSSR count). The second-order valence-electron chi connectivity index (χ2n) is 4.22. The van der Waals surface area contributed by atoms with Crippen molar-refractivity contribution < 1.29 is 9.59 Å². The van der Waals surface area contributed by atoms with Crippen molar-refractivity contribution in [1.82, 2.24) is 10.2 Å². The number of carbonyl (C=O) groups excluding carboxylic acids is 2. The van der Waals surface area contributed by atoms with Gasteiger partial charge in [0.05, 0.1) is 0 Å². The summed E-state index contributed by atoms with van der Waals surface area (Å²) in [6.45, 7) is 3.53. The van der Waals surface area contributed by atoms with Crippen LogP contribution in [0.4, 0.5) is 0 Å². The van der Waals surface area contributed by atoms with E-state index < -0.39 is 0 Å². The maximum Gasteiger partial charge on any atom is 0.228 e. The van der Waals surface area contributed by atoms with Crippen molar-refractivity contribution in [3.63, 3.8) is 0 Å². The molecule has 2 amide bonds. The van der Waals surface area contributed by atoms with Crippen LogP contribution in [0.15, 0.2) is 0 Å². The van der Waals surface area contributed by atoms with Gasteiger partial charge in [-0.2, -0.15) is 0 Å². The monoisotopic (exact) mass is 288 g/mol. The Morgan fingerprint density at radius 1 is 1.39 bits per heavy atom. The zero-order valence-corrected chi connectivity index (χ0v) is 12.4. The molecule has 1 heterocycles. The molecule has 0 spiro atoms. The molecule has 1 fully saturated rings. The predicted molar refractivity (Wildman–Crippen MR) is 78.5 cm³/mol. The Bertz CT molecular complexity index is 321. The standard InChI is InChI=1S/C12H20N2O2S2/c1-2-3-7-13-10(15)5-4-6-11(16)14-8-9-18-12(14)17/h2-9H2,1H3,(H,13,15). The highest BCUT2D eigenvalue weighted by Gasteiger charge is 2.23. The van der Waals surface area contributed by atoms with E-state index in [4.69, 9.17) is 12.2 Å². The Hall–Kier alpha value is -0.620. The zero-order chi connectivity index (χ0) is 13.4. The molecule has 1 aliphatic heterocycles. The van der Waals surface area contributed by atoms with Gasteiger partial charge in [-0.1, -0.05) is 37.3 Å². The summed E-state index contributed by atoms with van der Waals surface area (Å²) in [6, 6.07) is 0. The fourth-order valence-corrected chi connectivity index (χ4v) is 2.89. The lowest BCUT2D eigenvalue weighted by molar-refractivity contribution is -0.127. The number of thiocarbonyl (C=S) groups is 1.